The number of rotatable bonds is 3. The van der Waals surface area contributed by atoms with Crippen LogP contribution in [-0.4, -0.2) is 48.2 Å². The van der Waals surface area contributed by atoms with Crippen molar-refractivity contribution in [1.29, 1.82) is 0 Å². The topological polar surface area (TPSA) is 101 Å². The molecule has 4 rings (SSSR count). The number of ether oxygens (including phenoxy) is 1. The molecule has 0 amide bonds. The van der Waals surface area contributed by atoms with E-state index in [1.165, 1.54) is 6.33 Å². The summed E-state index contributed by atoms with van der Waals surface area (Å²) in [4.78, 5) is 8.07. The van der Waals surface area contributed by atoms with Crippen LogP contribution in [-0.2, 0) is 4.74 Å². The number of aliphatic hydroxyl groups excluding tert-OH is 3. The average Bonchev–Trinajstić information content (AvgIpc) is 3.18. The number of benzene rings is 1. The Bertz CT molecular complexity index is 933. The van der Waals surface area contributed by atoms with Crippen LogP contribution in [0.1, 0.15) is 17.9 Å². The number of aliphatic hydroxyl groups is 3. The molecule has 1 aromatic carbocycles. The second-order valence-electron chi connectivity index (χ2n) is 6.09. The molecule has 1 aliphatic rings. The van der Waals surface area contributed by atoms with Gasteiger partial charge in [-0.3, -0.25) is 0 Å². The van der Waals surface area contributed by atoms with Crippen molar-refractivity contribution < 1.29 is 20.1 Å². The molecule has 1 saturated heterocycles. The van der Waals surface area contributed by atoms with Gasteiger partial charge < -0.3 is 24.6 Å². The highest BCUT2D eigenvalue weighted by Gasteiger charge is 2.47. The summed E-state index contributed by atoms with van der Waals surface area (Å²) in [6, 6.07) is 8.24. The van der Waals surface area contributed by atoms with Gasteiger partial charge in [0.2, 0.25) is 0 Å². The van der Waals surface area contributed by atoms with Crippen LogP contribution < -0.4 is 0 Å². The van der Waals surface area contributed by atoms with Gasteiger partial charge >= 0.3 is 0 Å². The molecule has 26 heavy (non-hydrogen) atoms. The molecule has 3 heterocycles. The Labute approximate surface area is 158 Å². The molecule has 5 atom stereocenters. The molecule has 0 unspecified atom stereocenters. The molecule has 136 valence electrons. The minimum Gasteiger partial charge on any atom is -0.387 e. The number of hydrogen-bond acceptors (Lipinski definition) is 6. The normalized spacial score (nSPS) is 27.1. The third kappa shape index (κ3) is 2.87. The Hall–Kier alpha value is -1.74. The van der Waals surface area contributed by atoms with Crippen molar-refractivity contribution in [3.8, 4) is 0 Å². The largest absolute Gasteiger partial charge is 0.387 e. The summed E-state index contributed by atoms with van der Waals surface area (Å²) < 4.78 is 7.36. The zero-order valence-electron chi connectivity index (χ0n) is 13.3. The Morgan fingerprint density at radius 2 is 1.77 bits per heavy atom. The van der Waals surface area contributed by atoms with Crippen LogP contribution in [0, 0.1) is 0 Å². The Balaban J connectivity index is 1.65. The summed E-state index contributed by atoms with van der Waals surface area (Å²) in [6.07, 6.45) is -2.69. The van der Waals surface area contributed by atoms with Crippen molar-refractivity contribution in [1.82, 2.24) is 14.5 Å². The van der Waals surface area contributed by atoms with E-state index in [1.807, 2.05) is 0 Å². The van der Waals surface area contributed by atoms with Crippen molar-refractivity contribution in [3.05, 3.63) is 58.6 Å². The van der Waals surface area contributed by atoms with Crippen LogP contribution in [0.2, 0.25) is 10.2 Å². The first-order chi connectivity index (χ1) is 12.5. The fourth-order valence-corrected chi connectivity index (χ4v) is 3.49. The predicted octanol–water partition coefficient (Wildman–Crippen LogP) is 2.09. The summed E-state index contributed by atoms with van der Waals surface area (Å²) in [5.41, 5.74) is 0.983. The van der Waals surface area contributed by atoms with E-state index in [-0.39, 0.29) is 5.15 Å². The van der Waals surface area contributed by atoms with E-state index in [4.69, 9.17) is 27.9 Å². The molecular formula is C17H15Cl2N3O4. The minimum atomic E-state index is -1.29. The maximum absolute atomic E-state index is 10.6. The van der Waals surface area contributed by atoms with E-state index in [9.17, 15) is 15.3 Å². The highest BCUT2D eigenvalue weighted by Crippen LogP contribution is 2.38. The minimum absolute atomic E-state index is 0.277. The molecule has 3 aromatic rings. The summed E-state index contributed by atoms with van der Waals surface area (Å²) in [7, 11) is 0. The summed E-state index contributed by atoms with van der Waals surface area (Å²) in [5, 5.41) is 32.9. The first-order valence-electron chi connectivity index (χ1n) is 7.89. The Kier molecular flexibility index (Phi) is 4.60. The smallest absolute Gasteiger partial charge is 0.164 e. The van der Waals surface area contributed by atoms with E-state index < -0.39 is 30.6 Å². The molecule has 0 bridgehead atoms. The highest BCUT2D eigenvalue weighted by atomic mass is 35.5. The second kappa shape index (κ2) is 6.77. The molecule has 9 heteroatoms. The fraction of sp³-hybridized carbons (Fsp3) is 0.294. The molecule has 1 aliphatic heterocycles. The molecule has 3 N–H and O–H groups in total. The van der Waals surface area contributed by atoms with Crippen LogP contribution in [0.5, 0.6) is 0 Å². The van der Waals surface area contributed by atoms with Crippen LogP contribution in [0.15, 0.2) is 42.9 Å². The quantitative estimate of drug-likeness (QED) is 0.587. The van der Waals surface area contributed by atoms with Crippen molar-refractivity contribution in [2.75, 3.05) is 0 Å². The van der Waals surface area contributed by atoms with Crippen molar-refractivity contribution >= 4 is 34.2 Å². The van der Waals surface area contributed by atoms with Gasteiger partial charge in [0.15, 0.2) is 6.23 Å². The van der Waals surface area contributed by atoms with Crippen LogP contribution in [0.25, 0.3) is 11.0 Å². The van der Waals surface area contributed by atoms with Crippen LogP contribution in [0.4, 0.5) is 0 Å². The van der Waals surface area contributed by atoms with Crippen molar-refractivity contribution in [2.24, 2.45) is 0 Å². The highest BCUT2D eigenvalue weighted by molar-refractivity contribution is 6.33. The van der Waals surface area contributed by atoms with Crippen LogP contribution >= 0.6 is 23.2 Å². The van der Waals surface area contributed by atoms with Gasteiger partial charge in [-0.25, -0.2) is 9.97 Å². The monoisotopic (exact) mass is 395 g/mol. The SMILES string of the molecule is O[C@@H]1[C@H](O)[C@@H]([C@H](O)c2ccc(Cl)cc2)O[C@H]1n1ccc2c(Cl)ncnc21. The summed E-state index contributed by atoms with van der Waals surface area (Å²) >= 11 is 11.9. The maximum atomic E-state index is 10.6. The van der Waals surface area contributed by atoms with E-state index in [0.29, 0.717) is 21.6 Å². The van der Waals surface area contributed by atoms with Gasteiger partial charge in [0.1, 0.15) is 41.5 Å². The van der Waals surface area contributed by atoms with Gasteiger partial charge in [0, 0.05) is 11.2 Å². The van der Waals surface area contributed by atoms with Gasteiger partial charge in [0.25, 0.3) is 0 Å². The van der Waals surface area contributed by atoms with Crippen molar-refractivity contribution in [2.45, 2.75) is 30.6 Å². The third-order valence-corrected chi connectivity index (χ3v) is 5.09. The van der Waals surface area contributed by atoms with Gasteiger partial charge in [-0.1, -0.05) is 35.3 Å². The number of nitrogens with zero attached hydrogens (tertiary/aromatic N) is 3. The van der Waals surface area contributed by atoms with Gasteiger partial charge in [-0.05, 0) is 23.8 Å². The first-order valence-corrected chi connectivity index (χ1v) is 8.65. The third-order valence-electron chi connectivity index (χ3n) is 4.53. The van der Waals surface area contributed by atoms with E-state index in [2.05, 4.69) is 9.97 Å². The van der Waals surface area contributed by atoms with E-state index in [1.54, 1.807) is 41.1 Å². The average molecular weight is 396 g/mol. The van der Waals surface area contributed by atoms with E-state index >= 15 is 0 Å². The zero-order chi connectivity index (χ0) is 18.4. The standard InChI is InChI=1S/C17H15Cl2N3O4/c18-9-3-1-8(2-4-9)11(23)14-12(24)13(25)17(26-14)22-6-5-10-15(19)20-7-21-16(10)22/h1-7,11-14,17,23-25H/t11-,12+,13-,14-,17-/m1/s1. The molecule has 1 fully saturated rings. The van der Waals surface area contributed by atoms with E-state index in [0.717, 1.165) is 0 Å². The molecule has 0 radical (unpaired) electrons. The zero-order valence-corrected chi connectivity index (χ0v) is 14.8. The number of halogens is 2. The Morgan fingerprint density at radius 1 is 1.04 bits per heavy atom. The summed E-state index contributed by atoms with van der Waals surface area (Å²) in [5.74, 6) is 0. The fourth-order valence-electron chi connectivity index (χ4n) is 3.17. The van der Waals surface area contributed by atoms with Gasteiger partial charge in [0.05, 0.1) is 5.39 Å². The van der Waals surface area contributed by atoms with Gasteiger partial charge in [-0.2, -0.15) is 0 Å². The molecular weight excluding hydrogens is 381 g/mol. The lowest BCUT2D eigenvalue weighted by Gasteiger charge is -2.21. The van der Waals surface area contributed by atoms with Crippen molar-refractivity contribution in [3.63, 3.8) is 0 Å². The van der Waals surface area contributed by atoms with Crippen LogP contribution in [0.3, 0.4) is 0 Å². The first kappa shape index (κ1) is 17.7. The predicted molar refractivity (Wildman–Crippen MR) is 94.9 cm³/mol. The lowest BCUT2D eigenvalue weighted by atomic mass is 9.99. The lowest BCUT2D eigenvalue weighted by molar-refractivity contribution is -0.0848. The number of fused-ring (bicyclic) bond motifs is 1. The number of aromatic nitrogens is 3. The molecule has 7 nitrogen and oxygen atoms in total. The molecule has 0 aliphatic carbocycles. The lowest BCUT2D eigenvalue weighted by Crippen LogP contribution is -2.34. The maximum Gasteiger partial charge on any atom is 0.164 e. The second-order valence-corrected chi connectivity index (χ2v) is 6.89. The van der Waals surface area contributed by atoms with Gasteiger partial charge in [-0.15, -0.1) is 0 Å². The molecule has 2 aromatic heterocycles. The number of hydrogen-bond donors (Lipinski definition) is 3. The molecule has 0 spiro atoms. The molecule has 0 saturated carbocycles. The summed E-state index contributed by atoms with van der Waals surface area (Å²) in [6.45, 7) is 0. The Morgan fingerprint density at radius 3 is 2.50 bits per heavy atom.